The van der Waals surface area contributed by atoms with Crippen LogP contribution in [0.2, 0.25) is 0 Å². The summed E-state index contributed by atoms with van der Waals surface area (Å²) in [6.07, 6.45) is -21.7. The molecule has 2 aromatic carbocycles. The maximum atomic E-state index is 13.4. The Balaban J connectivity index is 3.01. The SMILES string of the molecule is O=C(c1cc(C(F)(F)F)cc(C(F)(F)F)c1CBr)c1cc(C(F)(F)F)cc(C(F)(F)F)c1CBr. The number of carbonyl (C=O) groups is 1. The van der Waals surface area contributed by atoms with Crippen LogP contribution in [0.25, 0.3) is 0 Å². The molecule has 34 heavy (non-hydrogen) atoms. The highest BCUT2D eigenvalue weighted by atomic mass is 79.9. The van der Waals surface area contributed by atoms with Crippen LogP contribution >= 0.6 is 31.9 Å². The Labute approximate surface area is 199 Å². The van der Waals surface area contributed by atoms with Gasteiger partial charge in [-0.05, 0) is 35.4 Å². The number of ketones is 1. The van der Waals surface area contributed by atoms with Crippen LogP contribution < -0.4 is 0 Å². The van der Waals surface area contributed by atoms with Crippen LogP contribution in [-0.2, 0) is 35.4 Å². The van der Waals surface area contributed by atoms with Crippen LogP contribution in [0.4, 0.5) is 52.7 Å². The van der Waals surface area contributed by atoms with E-state index in [9.17, 15) is 57.5 Å². The summed E-state index contributed by atoms with van der Waals surface area (Å²) in [5.41, 5.74) is -12.7. The van der Waals surface area contributed by atoms with E-state index in [0.717, 1.165) is 0 Å². The molecule has 0 fully saturated rings. The minimum atomic E-state index is -5.43. The summed E-state index contributed by atoms with van der Waals surface area (Å²) in [7, 11) is 0. The van der Waals surface area contributed by atoms with Gasteiger partial charge in [-0.2, -0.15) is 52.7 Å². The van der Waals surface area contributed by atoms with Crippen LogP contribution in [-0.4, -0.2) is 5.78 Å². The van der Waals surface area contributed by atoms with Gasteiger partial charge in [-0.25, -0.2) is 0 Å². The summed E-state index contributed by atoms with van der Waals surface area (Å²) in [4.78, 5) is 13.0. The zero-order valence-corrected chi connectivity index (χ0v) is 19.1. The summed E-state index contributed by atoms with van der Waals surface area (Å²) in [6, 6.07) is -0.683. The second kappa shape index (κ2) is 9.36. The van der Waals surface area contributed by atoms with Crippen molar-refractivity contribution in [1.29, 1.82) is 0 Å². The summed E-state index contributed by atoms with van der Waals surface area (Å²) < 4.78 is 160. The smallest absolute Gasteiger partial charge is 0.289 e. The molecule has 0 N–H and O–H groups in total. The van der Waals surface area contributed by atoms with Gasteiger partial charge in [0, 0.05) is 21.8 Å². The molecular formula is C19H8Br2F12O. The Hall–Kier alpha value is -1.77. The molecule has 0 amide bonds. The summed E-state index contributed by atoms with van der Waals surface area (Å²) in [5.74, 6) is -1.88. The van der Waals surface area contributed by atoms with E-state index in [1.165, 1.54) is 0 Å². The lowest BCUT2D eigenvalue weighted by molar-refractivity contribution is -0.144. The Morgan fingerprint density at radius 2 is 0.853 bits per heavy atom. The van der Waals surface area contributed by atoms with Crippen molar-refractivity contribution in [3.05, 3.63) is 68.8 Å². The largest absolute Gasteiger partial charge is 0.416 e. The van der Waals surface area contributed by atoms with E-state index < -0.39 is 85.7 Å². The predicted molar refractivity (Wildman–Crippen MR) is 102 cm³/mol. The second-order valence-electron chi connectivity index (χ2n) is 6.69. The Bertz CT molecular complexity index is 1010. The summed E-state index contributed by atoms with van der Waals surface area (Å²) >= 11 is 5.19. The first-order valence-electron chi connectivity index (χ1n) is 8.52. The lowest BCUT2D eigenvalue weighted by atomic mass is 9.88. The number of benzene rings is 2. The molecule has 1 nitrogen and oxygen atoms in total. The molecule has 0 aliphatic carbocycles. The van der Waals surface area contributed by atoms with Crippen LogP contribution in [0.5, 0.6) is 0 Å². The van der Waals surface area contributed by atoms with Gasteiger partial charge < -0.3 is 0 Å². The molecule has 0 atom stereocenters. The minimum Gasteiger partial charge on any atom is -0.289 e. The van der Waals surface area contributed by atoms with Crippen molar-refractivity contribution in [2.75, 3.05) is 0 Å². The molecule has 0 saturated carbocycles. The Morgan fingerprint density at radius 3 is 1.06 bits per heavy atom. The van der Waals surface area contributed by atoms with Gasteiger partial charge in [0.15, 0.2) is 5.78 Å². The maximum absolute atomic E-state index is 13.4. The predicted octanol–water partition coefficient (Wildman–Crippen LogP) is 8.78. The van der Waals surface area contributed by atoms with Gasteiger partial charge in [-0.15, -0.1) is 0 Å². The number of hydrogen-bond donors (Lipinski definition) is 0. The van der Waals surface area contributed by atoms with Gasteiger partial charge >= 0.3 is 24.7 Å². The second-order valence-corrected chi connectivity index (χ2v) is 7.81. The van der Waals surface area contributed by atoms with Crippen molar-refractivity contribution in [2.45, 2.75) is 35.4 Å². The lowest BCUT2D eigenvalue weighted by Crippen LogP contribution is -2.21. The highest BCUT2D eigenvalue weighted by Gasteiger charge is 2.43. The van der Waals surface area contributed by atoms with E-state index in [0.29, 0.717) is 0 Å². The molecule has 188 valence electrons. The first-order chi connectivity index (χ1) is 15.2. The van der Waals surface area contributed by atoms with Gasteiger partial charge in [-0.1, -0.05) is 31.9 Å². The number of alkyl halides is 14. The third kappa shape index (κ3) is 5.89. The molecule has 0 spiro atoms. The third-order valence-electron chi connectivity index (χ3n) is 4.52. The van der Waals surface area contributed by atoms with E-state index in [4.69, 9.17) is 0 Å². The number of hydrogen-bond acceptors (Lipinski definition) is 1. The molecule has 0 heterocycles. The number of halogens is 14. The topological polar surface area (TPSA) is 17.1 Å². The van der Waals surface area contributed by atoms with Gasteiger partial charge in [0.25, 0.3) is 0 Å². The summed E-state index contributed by atoms with van der Waals surface area (Å²) in [5, 5.41) is -1.76. The monoisotopic (exact) mass is 638 g/mol. The fourth-order valence-electron chi connectivity index (χ4n) is 3.02. The van der Waals surface area contributed by atoms with Crippen molar-refractivity contribution >= 4 is 37.6 Å². The van der Waals surface area contributed by atoms with Gasteiger partial charge in [0.1, 0.15) is 0 Å². The quantitative estimate of drug-likeness (QED) is 0.186. The first-order valence-corrected chi connectivity index (χ1v) is 10.8. The van der Waals surface area contributed by atoms with E-state index >= 15 is 0 Å². The van der Waals surface area contributed by atoms with Crippen LogP contribution in [0.15, 0.2) is 24.3 Å². The van der Waals surface area contributed by atoms with Crippen molar-refractivity contribution in [3.63, 3.8) is 0 Å². The van der Waals surface area contributed by atoms with Crippen molar-refractivity contribution in [1.82, 2.24) is 0 Å². The third-order valence-corrected chi connectivity index (χ3v) is 5.64. The molecule has 0 aliphatic heterocycles. The Kier molecular flexibility index (Phi) is 7.83. The highest BCUT2D eigenvalue weighted by molar-refractivity contribution is 9.08. The molecule has 2 rings (SSSR count). The van der Waals surface area contributed by atoms with E-state index in [1.54, 1.807) is 0 Å². The molecule has 0 radical (unpaired) electrons. The van der Waals surface area contributed by atoms with Crippen molar-refractivity contribution in [3.8, 4) is 0 Å². The molecule has 0 saturated heterocycles. The van der Waals surface area contributed by atoms with Gasteiger partial charge in [0.2, 0.25) is 0 Å². The van der Waals surface area contributed by atoms with Crippen molar-refractivity contribution in [2.24, 2.45) is 0 Å². The van der Waals surface area contributed by atoms with E-state index in [1.807, 2.05) is 0 Å². The number of carbonyl (C=O) groups excluding carboxylic acids is 1. The van der Waals surface area contributed by atoms with Gasteiger partial charge in [0.05, 0.1) is 22.3 Å². The average Bonchev–Trinajstić information content (AvgIpc) is 2.68. The molecule has 2 aromatic rings. The summed E-state index contributed by atoms with van der Waals surface area (Å²) in [6.45, 7) is 0. The average molecular weight is 640 g/mol. The standard InChI is InChI=1S/C19H8Br2F12O/c20-5-11-9(1-7(16(22,23)24)3-13(11)18(28,29)30)15(34)10-2-8(17(25,26)27)4-14(12(10)6-21)19(31,32)33/h1-4H,5-6H2. The minimum absolute atomic E-state index is 0.0420. The fraction of sp³-hybridized carbons (Fsp3) is 0.316. The maximum Gasteiger partial charge on any atom is 0.416 e. The zero-order valence-electron chi connectivity index (χ0n) is 15.9. The first kappa shape index (κ1) is 28.5. The van der Waals surface area contributed by atoms with Crippen LogP contribution in [0, 0.1) is 0 Å². The Morgan fingerprint density at radius 1 is 0.559 bits per heavy atom. The molecule has 0 bridgehead atoms. The zero-order chi connectivity index (χ0) is 26.4. The number of rotatable bonds is 4. The lowest BCUT2D eigenvalue weighted by Gasteiger charge is -2.21. The van der Waals surface area contributed by atoms with Crippen LogP contribution in [0.1, 0.15) is 49.3 Å². The molecule has 0 aromatic heterocycles. The molecule has 15 heteroatoms. The van der Waals surface area contributed by atoms with E-state index in [2.05, 4.69) is 31.9 Å². The molecular weight excluding hydrogens is 632 g/mol. The fourth-order valence-corrected chi connectivity index (χ4v) is 4.22. The normalized spacial score (nSPS) is 13.4. The molecule has 0 aliphatic rings. The highest BCUT2D eigenvalue weighted by Crippen LogP contribution is 2.43. The van der Waals surface area contributed by atoms with Crippen LogP contribution in [0.3, 0.4) is 0 Å². The van der Waals surface area contributed by atoms with Crippen molar-refractivity contribution < 1.29 is 57.5 Å². The van der Waals surface area contributed by atoms with Gasteiger partial charge in [-0.3, -0.25) is 4.79 Å². The molecule has 0 unspecified atom stereocenters. The van der Waals surface area contributed by atoms with E-state index in [-0.39, 0.29) is 24.3 Å².